The first-order chi connectivity index (χ1) is 17.1. The maximum Gasteiger partial charge on any atom is 0.432 e. The highest BCUT2D eigenvalue weighted by Gasteiger charge is 2.35. The van der Waals surface area contributed by atoms with Crippen molar-refractivity contribution >= 4 is 16.8 Å². The van der Waals surface area contributed by atoms with Crippen LogP contribution in [-0.4, -0.2) is 44.2 Å². The van der Waals surface area contributed by atoms with Crippen molar-refractivity contribution in [1.82, 2.24) is 24.6 Å². The number of benzene rings is 1. The number of H-pyrrole nitrogens is 1. The van der Waals surface area contributed by atoms with Crippen LogP contribution >= 0.6 is 0 Å². The minimum absolute atomic E-state index is 0.134. The SMILES string of the molecule is COc1ccc(-c2cc3c(n(C)c2=O)CCN(C(=O)c2cc(C(F)(F)F)[nH]n2)C3)c2ccc(C)nc12. The number of carbonyl (C=O) groups is 1. The first-order valence-corrected chi connectivity index (χ1v) is 11.2. The van der Waals surface area contributed by atoms with Crippen molar-refractivity contribution in [2.45, 2.75) is 26.1 Å². The van der Waals surface area contributed by atoms with Crippen LogP contribution in [0.15, 0.2) is 41.2 Å². The van der Waals surface area contributed by atoms with Crippen molar-refractivity contribution in [1.29, 1.82) is 0 Å². The normalized spacial score (nSPS) is 13.7. The van der Waals surface area contributed by atoms with Crippen LogP contribution in [0.1, 0.15) is 33.1 Å². The van der Waals surface area contributed by atoms with Crippen LogP contribution in [0.3, 0.4) is 0 Å². The topological polar surface area (TPSA) is 93.1 Å². The molecule has 1 N–H and O–H groups in total. The molecule has 0 saturated carbocycles. The van der Waals surface area contributed by atoms with E-state index in [1.807, 2.05) is 24.2 Å². The molecule has 0 unspecified atom stereocenters. The van der Waals surface area contributed by atoms with Crippen molar-refractivity contribution in [2.75, 3.05) is 13.7 Å². The second kappa shape index (κ2) is 8.51. The number of carbonyl (C=O) groups excluding carboxylic acids is 1. The van der Waals surface area contributed by atoms with E-state index in [9.17, 15) is 22.8 Å². The van der Waals surface area contributed by atoms with E-state index in [-0.39, 0.29) is 24.3 Å². The molecule has 4 heterocycles. The van der Waals surface area contributed by atoms with Crippen molar-refractivity contribution < 1.29 is 22.7 Å². The third kappa shape index (κ3) is 3.90. The first kappa shape index (κ1) is 23.6. The number of aromatic amines is 1. The molecule has 8 nitrogen and oxygen atoms in total. The second-order valence-electron chi connectivity index (χ2n) is 8.70. The zero-order valence-corrected chi connectivity index (χ0v) is 19.7. The van der Waals surface area contributed by atoms with Crippen LogP contribution in [-0.2, 0) is 26.2 Å². The zero-order chi connectivity index (χ0) is 25.8. The number of methoxy groups -OCH3 is 1. The fraction of sp³-hybridized carbons (Fsp3) is 0.280. The van der Waals surface area contributed by atoms with Gasteiger partial charge in [-0.05, 0) is 42.3 Å². The lowest BCUT2D eigenvalue weighted by molar-refractivity contribution is -0.141. The van der Waals surface area contributed by atoms with Crippen LogP contribution in [0, 0.1) is 6.92 Å². The van der Waals surface area contributed by atoms with Gasteiger partial charge in [-0.2, -0.15) is 18.3 Å². The van der Waals surface area contributed by atoms with E-state index < -0.39 is 17.8 Å². The average molecular weight is 497 g/mol. The molecule has 1 aromatic carbocycles. The van der Waals surface area contributed by atoms with Gasteiger partial charge >= 0.3 is 6.18 Å². The van der Waals surface area contributed by atoms with Gasteiger partial charge in [-0.3, -0.25) is 14.7 Å². The first-order valence-electron chi connectivity index (χ1n) is 11.2. The molecular formula is C25H22F3N5O3. The van der Waals surface area contributed by atoms with Crippen molar-refractivity contribution in [3.05, 3.63) is 75.1 Å². The number of hydrogen-bond donors (Lipinski definition) is 1. The van der Waals surface area contributed by atoms with Gasteiger partial charge in [-0.15, -0.1) is 0 Å². The molecule has 1 aliphatic rings. The molecule has 0 radical (unpaired) electrons. The van der Waals surface area contributed by atoms with Crippen LogP contribution < -0.4 is 10.3 Å². The van der Waals surface area contributed by atoms with Crippen molar-refractivity contribution in [2.24, 2.45) is 7.05 Å². The Morgan fingerprint density at radius 1 is 1.14 bits per heavy atom. The standard InChI is InChI=1S/C25H22F3N5O3/c1-13-4-5-16-15(6-7-20(36-3)22(16)29-13)17-10-14-12-33(9-8-19(14)32(2)23(17)34)24(35)18-11-21(31-30-18)25(26,27)28/h4-7,10-11H,8-9,12H2,1-3H3,(H,30,31). The third-order valence-electron chi connectivity index (χ3n) is 6.47. The molecule has 1 aliphatic heterocycles. The largest absolute Gasteiger partial charge is 0.494 e. The predicted molar refractivity (Wildman–Crippen MR) is 126 cm³/mol. The molecule has 1 amide bonds. The summed E-state index contributed by atoms with van der Waals surface area (Å²) in [6.07, 6.45) is -4.24. The molecule has 3 aromatic heterocycles. The molecule has 186 valence electrons. The molecule has 0 aliphatic carbocycles. The number of hydrogen-bond acceptors (Lipinski definition) is 5. The number of nitrogens with one attached hydrogen (secondary N) is 1. The lowest BCUT2D eigenvalue weighted by Gasteiger charge is -2.30. The molecule has 4 aromatic rings. The highest BCUT2D eigenvalue weighted by atomic mass is 19.4. The summed E-state index contributed by atoms with van der Waals surface area (Å²) >= 11 is 0. The van der Waals surface area contributed by atoms with Gasteiger partial charge in [0.15, 0.2) is 5.69 Å². The fourth-order valence-corrected chi connectivity index (χ4v) is 4.62. The molecule has 0 atom stereocenters. The third-order valence-corrected chi connectivity index (χ3v) is 6.47. The zero-order valence-electron chi connectivity index (χ0n) is 19.7. The Bertz CT molecular complexity index is 1570. The van der Waals surface area contributed by atoms with Gasteiger partial charge in [0.05, 0.1) is 7.11 Å². The maximum atomic E-state index is 13.3. The van der Waals surface area contributed by atoms with Gasteiger partial charge < -0.3 is 14.2 Å². The number of amides is 1. The summed E-state index contributed by atoms with van der Waals surface area (Å²) in [5.74, 6) is -0.0291. The fourth-order valence-electron chi connectivity index (χ4n) is 4.62. The molecule has 0 fully saturated rings. The minimum atomic E-state index is -4.62. The Kier molecular flexibility index (Phi) is 5.57. The predicted octanol–water partition coefficient (Wildman–Crippen LogP) is 3.86. The molecular weight excluding hydrogens is 475 g/mol. The highest BCUT2D eigenvalue weighted by molar-refractivity contribution is 5.98. The summed E-state index contributed by atoms with van der Waals surface area (Å²) < 4.78 is 45.8. The van der Waals surface area contributed by atoms with Gasteiger partial charge in [0.1, 0.15) is 17.0 Å². The Balaban J connectivity index is 1.56. The monoisotopic (exact) mass is 497 g/mol. The van der Waals surface area contributed by atoms with Gasteiger partial charge in [-0.25, -0.2) is 4.98 Å². The molecule has 11 heteroatoms. The van der Waals surface area contributed by atoms with Gasteiger partial charge in [0.25, 0.3) is 11.5 Å². The van der Waals surface area contributed by atoms with Gasteiger partial charge in [0.2, 0.25) is 0 Å². The number of rotatable bonds is 3. The lowest BCUT2D eigenvalue weighted by atomic mass is 9.96. The van der Waals surface area contributed by atoms with E-state index in [2.05, 4.69) is 10.1 Å². The highest BCUT2D eigenvalue weighted by Crippen LogP contribution is 2.34. The van der Waals surface area contributed by atoms with E-state index in [0.29, 0.717) is 34.9 Å². The summed E-state index contributed by atoms with van der Waals surface area (Å²) in [6.45, 7) is 2.25. The number of ether oxygens (including phenoxy) is 1. The van der Waals surface area contributed by atoms with Gasteiger partial charge in [0, 0.05) is 55.0 Å². The quantitative estimate of drug-likeness (QED) is 0.464. The number of pyridine rings is 2. The van der Waals surface area contributed by atoms with E-state index in [1.54, 1.807) is 36.9 Å². The Hall–Kier alpha value is -4.15. The van der Waals surface area contributed by atoms with Gasteiger partial charge in [-0.1, -0.05) is 6.07 Å². The summed E-state index contributed by atoms with van der Waals surface area (Å²) in [6, 6.07) is 9.77. The number of aryl methyl sites for hydroxylation is 1. The number of halogens is 3. The lowest BCUT2D eigenvalue weighted by Crippen LogP contribution is -2.39. The maximum absolute atomic E-state index is 13.3. The number of alkyl halides is 3. The van der Waals surface area contributed by atoms with E-state index in [4.69, 9.17) is 4.74 Å². The van der Waals surface area contributed by atoms with Crippen LogP contribution in [0.2, 0.25) is 0 Å². The Labute approximate surface area is 203 Å². The summed E-state index contributed by atoms with van der Waals surface area (Å²) in [4.78, 5) is 32.3. The van der Waals surface area contributed by atoms with Crippen molar-refractivity contribution in [3.63, 3.8) is 0 Å². The molecule has 36 heavy (non-hydrogen) atoms. The van der Waals surface area contributed by atoms with Crippen molar-refractivity contribution in [3.8, 4) is 16.9 Å². The Morgan fingerprint density at radius 3 is 2.61 bits per heavy atom. The van der Waals surface area contributed by atoms with E-state index in [0.717, 1.165) is 22.3 Å². The second-order valence-corrected chi connectivity index (χ2v) is 8.70. The van der Waals surface area contributed by atoms with E-state index in [1.165, 1.54) is 4.90 Å². The summed E-state index contributed by atoms with van der Waals surface area (Å²) in [5.41, 5.74) is 2.47. The molecule has 5 rings (SSSR count). The van der Waals surface area contributed by atoms with Crippen LogP contribution in [0.4, 0.5) is 13.2 Å². The summed E-state index contributed by atoms with van der Waals surface area (Å²) in [5, 5.41) is 6.18. The molecule has 0 bridgehead atoms. The number of nitrogens with zero attached hydrogens (tertiary/aromatic N) is 4. The average Bonchev–Trinajstić information content (AvgIpc) is 3.36. The number of aromatic nitrogens is 4. The van der Waals surface area contributed by atoms with Crippen LogP contribution in [0.25, 0.3) is 22.0 Å². The Morgan fingerprint density at radius 2 is 1.92 bits per heavy atom. The van der Waals surface area contributed by atoms with E-state index >= 15 is 0 Å². The smallest absolute Gasteiger partial charge is 0.432 e. The number of fused-ring (bicyclic) bond motifs is 2. The van der Waals surface area contributed by atoms with Crippen LogP contribution in [0.5, 0.6) is 5.75 Å². The summed E-state index contributed by atoms with van der Waals surface area (Å²) in [7, 11) is 3.23. The molecule has 0 spiro atoms. The molecule has 0 saturated heterocycles. The minimum Gasteiger partial charge on any atom is -0.494 e.